The maximum atomic E-state index is 11.0. The van der Waals surface area contributed by atoms with Gasteiger partial charge in [0.15, 0.2) is 0 Å². The van der Waals surface area contributed by atoms with Crippen molar-refractivity contribution in [3.05, 3.63) is 41.0 Å². The highest BCUT2D eigenvalue weighted by atomic mass is 16.3. The summed E-state index contributed by atoms with van der Waals surface area (Å²) in [4.78, 5) is 2.67. The minimum absolute atomic E-state index is 0.244. The van der Waals surface area contributed by atoms with Gasteiger partial charge in [-0.3, -0.25) is 4.90 Å². The number of rotatable bonds is 5. The molecule has 5 atom stereocenters. The van der Waals surface area contributed by atoms with E-state index < -0.39 is 0 Å². The third-order valence-electron chi connectivity index (χ3n) is 8.67. The van der Waals surface area contributed by atoms with Gasteiger partial charge in [-0.25, -0.2) is 0 Å². The van der Waals surface area contributed by atoms with Crippen LogP contribution in [0.5, 0.6) is 0 Å². The Balaban J connectivity index is 1.35. The van der Waals surface area contributed by atoms with E-state index in [0.29, 0.717) is 6.54 Å². The molecule has 132 valence electrons. The Labute approximate surface area is 149 Å². The van der Waals surface area contributed by atoms with Gasteiger partial charge in [-0.05, 0) is 67.1 Å². The van der Waals surface area contributed by atoms with Gasteiger partial charge in [0, 0.05) is 30.6 Å². The maximum absolute atomic E-state index is 11.0. The maximum Gasteiger partial charge on any atom is 0.0747 e. The number of benzene rings is 1. The predicted octanol–water partition coefficient (Wildman–Crippen LogP) is 2.71. The zero-order chi connectivity index (χ0) is 16.9. The van der Waals surface area contributed by atoms with E-state index in [1.807, 2.05) is 0 Å². The first kappa shape index (κ1) is 15.0. The summed E-state index contributed by atoms with van der Waals surface area (Å²) in [5.74, 6) is 1.57. The van der Waals surface area contributed by atoms with Crippen molar-refractivity contribution >= 4 is 6.08 Å². The lowest BCUT2D eigenvalue weighted by molar-refractivity contribution is -0.487. The molecule has 4 fully saturated rings. The molecule has 0 saturated heterocycles. The summed E-state index contributed by atoms with van der Waals surface area (Å²) in [6.07, 6.45) is 11.7. The van der Waals surface area contributed by atoms with Crippen molar-refractivity contribution in [1.29, 1.82) is 0 Å². The van der Waals surface area contributed by atoms with Crippen molar-refractivity contribution in [3.8, 4) is 0 Å². The van der Waals surface area contributed by atoms with Crippen LogP contribution in [0, 0.1) is 17.3 Å². The van der Waals surface area contributed by atoms with Crippen LogP contribution in [0.25, 0.3) is 6.08 Å². The molecule has 0 amide bonds. The van der Waals surface area contributed by atoms with E-state index in [4.69, 9.17) is 5.73 Å². The van der Waals surface area contributed by atoms with Crippen LogP contribution in [0.4, 0.5) is 0 Å². The van der Waals surface area contributed by atoms with Crippen LogP contribution in [0.15, 0.2) is 24.3 Å². The summed E-state index contributed by atoms with van der Waals surface area (Å²) in [5, 5.41) is 11.0. The molecule has 25 heavy (non-hydrogen) atoms. The molecule has 0 bridgehead atoms. The Bertz CT molecular complexity index is 782. The predicted molar refractivity (Wildman–Crippen MR) is 98.8 cm³/mol. The van der Waals surface area contributed by atoms with Crippen molar-refractivity contribution in [2.75, 3.05) is 13.1 Å². The summed E-state index contributed by atoms with van der Waals surface area (Å²) < 4.78 is 0. The van der Waals surface area contributed by atoms with Crippen LogP contribution in [-0.4, -0.2) is 34.2 Å². The summed E-state index contributed by atoms with van der Waals surface area (Å²) >= 11 is 0. The van der Waals surface area contributed by atoms with Gasteiger partial charge >= 0.3 is 0 Å². The lowest BCUT2D eigenvalue weighted by atomic mass is 9.13. The fourth-order valence-corrected chi connectivity index (χ4v) is 8.02. The Morgan fingerprint density at radius 2 is 2.12 bits per heavy atom. The highest BCUT2D eigenvalue weighted by Gasteiger charge is 2.94. The van der Waals surface area contributed by atoms with Crippen molar-refractivity contribution < 1.29 is 5.11 Å². The molecule has 0 aromatic heterocycles. The second-order valence-electron chi connectivity index (χ2n) is 9.29. The molecule has 4 saturated carbocycles. The first-order chi connectivity index (χ1) is 12.1. The molecule has 0 aliphatic heterocycles. The van der Waals surface area contributed by atoms with E-state index in [1.54, 1.807) is 0 Å². The number of aryl methyl sites for hydroxylation is 1. The molecule has 3 heteroatoms. The van der Waals surface area contributed by atoms with Gasteiger partial charge in [0.1, 0.15) is 0 Å². The van der Waals surface area contributed by atoms with Gasteiger partial charge < -0.3 is 10.8 Å². The fraction of sp³-hybridized carbons (Fsp3) is 0.636. The molecule has 5 unspecified atom stereocenters. The normalized spacial score (nSPS) is 44.6. The van der Waals surface area contributed by atoms with Crippen molar-refractivity contribution in [2.45, 2.75) is 56.2 Å². The Morgan fingerprint density at radius 1 is 1.24 bits per heavy atom. The molecule has 3 N–H and O–H groups in total. The average Bonchev–Trinajstić information content (AvgIpc) is 2.56. The molecular formula is C22H28N2O. The zero-order valence-electron chi connectivity index (χ0n) is 14.9. The third kappa shape index (κ3) is 1.45. The molecule has 1 spiro atoms. The van der Waals surface area contributed by atoms with Crippen LogP contribution in [0.2, 0.25) is 0 Å². The first-order valence-electron chi connectivity index (χ1n) is 10.1. The fourth-order valence-electron chi connectivity index (χ4n) is 8.02. The smallest absolute Gasteiger partial charge is 0.0747 e. The van der Waals surface area contributed by atoms with Gasteiger partial charge in [0.05, 0.1) is 5.60 Å². The molecule has 1 aromatic rings. The van der Waals surface area contributed by atoms with Crippen molar-refractivity contribution in [3.63, 3.8) is 0 Å². The van der Waals surface area contributed by atoms with E-state index in [1.165, 1.54) is 29.5 Å². The van der Waals surface area contributed by atoms with E-state index in [0.717, 1.165) is 50.6 Å². The Hall–Kier alpha value is -1.16. The number of allylic oxidation sites excluding steroid dienone is 1. The van der Waals surface area contributed by atoms with Crippen molar-refractivity contribution in [2.24, 2.45) is 23.0 Å². The van der Waals surface area contributed by atoms with Gasteiger partial charge in [-0.1, -0.05) is 30.4 Å². The van der Waals surface area contributed by atoms with Gasteiger partial charge in [-0.15, -0.1) is 0 Å². The van der Waals surface area contributed by atoms with Crippen LogP contribution in [-0.2, 0) is 13.0 Å². The first-order valence-corrected chi connectivity index (χ1v) is 10.1. The SMILES string of the molecule is NCCN(Cc1cccc2c1C=CCC2)C12CC3CC4CC(O)(C1)C432. The molecule has 3 nitrogen and oxygen atoms in total. The molecule has 1 aromatic carbocycles. The molecule has 6 rings (SSSR count). The minimum Gasteiger partial charge on any atom is -0.389 e. The highest BCUT2D eigenvalue weighted by Crippen LogP contribution is 2.91. The van der Waals surface area contributed by atoms with E-state index >= 15 is 0 Å². The van der Waals surface area contributed by atoms with Crippen LogP contribution in [0.1, 0.15) is 48.8 Å². The van der Waals surface area contributed by atoms with E-state index in [2.05, 4.69) is 35.3 Å². The van der Waals surface area contributed by atoms with Gasteiger partial charge in [0.2, 0.25) is 0 Å². The molecule has 5 aliphatic carbocycles. The van der Waals surface area contributed by atoms with Crippen molar-refractivity contribution in [1.82, 2.24) is 4.90 Å². The van der Waals surface area contributed by atoms with Gasteiger partial charge in [0.25, 0.3) is 0 Å². The standard InChI is InChI=1S/C22H28N2O/c23-8-9-24(13-16-6-3-5-15-4-1-2-7-19(15)16)20-11-17-10-18-12-21(25,14-20)22(17,18)20/h2-3,5-7,17-18,25H,1,4,8-14,23H2. The second kappa shape index (κ2) is 4.57. The quantitative estimate of drug-likeness (QED) is 0.869. The zero-order valence-corrected chi connectivity index (χ0v) is 14.9. The minimum atomic E-state index is -0.332. The molecule has 5 aliphatic rings. The van der Waals surface area contributed by atoms with Crippen LogP contribution < -0.4 is 5.73 Å². The van der Waals surface area contributed by atoms with Gasteiger partial charge in [-0.2, -0.15) is 0 Å². The third-order valence-corrected chi connectivity index (χ3v) is 8.67. The summed E-state index contributed by atoms with van der Waals surface area (Å²) in [6.45, 7) is 2.64. The highest BCUT2D eigenvalue weighted by molar-refractivity contribution is 5.60. The number of hydrogen-bond donors (Lipinski definition) is 2. The Kier molecular flexibility index (Phi) is 2.73. The van der Waals surface area contributed by atoms with E-state index in [-0.39, 0.29) is 16.6 Å². The number of hydrogen-bond acceptors (Lipinski definition) is 3. The largest absolute Gasteiger partial charge is 0.389 e. The Morgan fingerprint density at radius 3 is 2.88 bits per heavy atom. The topological polar surface area (TPSA) is 49.5 Å². The van der Waals surface area contributed by atoms with Crippen LogP contribution in [0.3, 0.4) is 0 Å². The summed E-state index contributed by atoms with van der Waals surface area (Å²) in [5.41, 5.74) is 10.6. The van der Waals surface area contributed by atoms with Crippen LogP contribution >= 0.6 is 0 Å². The number of aliphatic hydroxyl groups is 1. The molecular weight excluding hydrogens is 308 g/mol. The average molecular weight is 336 g/mol. The monoisotopic (exact) mass is 336 g/mol. The second-order valence-corrected chi connectivity index (χ2v) is 9.29. The number of fused-ring (bicyclic) bond motifs is 1. The lowest BCUT2D eigenvalue weighted by Gasteiger charge is -2.95. The lowest BCUT2D eigenvalue weighted by Crippen LogP contribution is -2.99. The van der Waals surface area contributed by atoms with E-state index in [9.17, 15) is 5.11 Å². The number of nitrogens with two attached hydrogens (primary N) is 1. The number of nitrogens with zero attached hydrogens (tertiary/aromatic N) is 1. The molecule has 0 heterocycles. The molecule has 0 radical (unpaired) electrons. The summed E-state index contributed by atoms with van der Waals surface area (Å²) in [7, 11) is 0. The summed E-state index contributed by atoms with van der Waals surface area (Å²) in [6, 6.07) is 6.80.